The van der Waals surface area contributed by atoms with Crippen molar-refractivity contribution < 1.29 is 24.7 Å². The molecule has 8 nitrogen and oxygen atoms in total. The third-order valence-corrected chi connectivity index (χ3v) is 4.40. The van der Waals surface area contributed by atoms with Crippen LogP contribution in [0.4, 0.5) is 0 Å². The van der Waals surface area contributed by atoms with Crippen molar-refractivity contribution >= 4 is 11.9 Å². The molecule has 0 bridgehead atoms. The number of carboxylic acid groups (broad SMARTS) is 2. The van der Waals surface area contributed by atoms with Gasteiger partial charge in [-0.15, -0.1) is 0 Å². The second kappa shape index (κ2) is 10.3. The van der Waals surface area contributed by atoms with Crippen molar-refractivity contribution in [1.82, 2.24) is 4.90 Å². The molecule has 0 aromatic carbocycles. The van der Waals surface area contributed by atoms with Gasteiger partial charge in [-0.25, -0.2) is 0 Å². The molecule has 0 radical (unpaired) electrons. The summed E-state index contributed by atoms with van der Waals surface area (Å²) in [5, 5.41) is 17.5. The zero-order chi connectivity index (χ0) is 18.1. The molecule has 3 atom stereocenters. The van der Waals surface area contributed by atoms with Gasteiger partial charge in [0.05, 0.1) is 12.2 Å². The van der Waals surface area contributed by atoms with Gasteiger partial charge in [-0.2, -0.15) is 0 Å². The van der Waals surface area contributed by atoms with E-state index in [2.05, 4.69) is 18.0 Å². The summed E-state index contributed by atoms with van der Waals surface area (Å²) in [6.45, 7) is 4.85. The Kier molecular flexibility index (Phi) is 8.73. The van der Waals surface area contributed by atoms with Crippen molar-refractivity contribution in [2.24, 2.45) is 11.5 Å². The minimum absolute atomic E-state index is 0.506. The number of carbonyl (C=O) groups is 2. The Labute approximate surface area is 143 Å². The first-order valence-electron chi connectivity index (χ1n) is 8.56. The third kappa shape index (κ3) is 7.29. The second-order valence-corrected chi connectivity index (χ2v) is 6.50. The predicted molar refractivity (Wildman–Crippen MR) is 90.1 cm³/mol. The summed E-state index contributed by atoms with van der Waals surface area (Å²) < 4.78 is 0. The highest BCUT2D eigenvalue weighted by atomic mass is 16.4. The summed E-state index contributed by atoms with van der Waals surface area (Å²) in [6.07, 6.45) is 6.70. The monoisotopic (exact) mass is 343 g/mol. The highest BCUT2D eigenvalue weighted by Gasteiger charge is 2.22. The molecular weight excluding hydrogens is 312 g/mol. The van der Waals surface area contributed by atoms with Crippen LogP contribution in [0.5, 0.6) is 0 Å². The van der Waals surface area contributed by atoms with Crippen LogP contribution in [0.25, 0.3) is 0 Å². The predicted octanol–water partition coefficient (Wildman–Crippen LogP) is -0.830. The number of hydrogen-bond acceptors (Lipinski definition) is 5. The van der Waals surface area contributed by atoms with Gasteiger partial charge in [0.1, 0.15) is 18.3 Å². The highest BCUT2D eigenvalue weighted by Crippen LogP contribution is 2.08. The first-order valence-corrected chi connectivity index (χ1v) is 8.56. The smallest absolute Gasteiger partial charge is 0.320 e. The Morgan fingerprint density at radius 1 is 1.12 bits per heavy atom. The number of allylic oxidation sites excluding steroid dienone is 1. The molecule has 0 fully saturated rings. The molecule has 0 amide bonds. The van der Waals surface area contributed by atoms with Crippen LogP contribution in [-0.4, -0.2) is 58.9 Å². The summed E-state index contributed by atoms with van der Waals surface area (Å²) in [6, 6.07) is -1.52. The Balaban J connectivity index is 2.16. The van der Waals surface area contributed by atoms with Crippen LogP contribution in [0.1, 0.15) is 45.4 Å². The average molecular weight is 343 g/mol. The van der Waals surface area contributed by atoms with E-state index in [0.29, 0.717) is 12.8 Å². The largest absolute Gasteiger partial charge is 0.480 e. The van der Waals surface area contributed by atoms with Gasteiger partial charge in [-0.1, -0.05) is 0 Å². The molecule has 1 heterocycles. The van der Waals surface area contributed by atoms with Crippen LogP contribution in [0.2, 0.25) is 0 Å². The van der Waals surface area contributed by atoms with Crippen LogP contribution in [0, 0.1) is 0 Å². The summed E-state index contributed by atoms with van der Waals surface area (Å²) in [4.78, 5) is 25.0. The number of aliphatic carboxylic acids is 2. The fraction of sp³-hybridized carbons (Fsp3) is 0.750. The van der Waals surface area contributed by atoms with Gasteiger partial charge < -0.3 is 26.6 Å². The number of nitrogens with two attached hydrogens (primary N) is 2. The average Bonchev–Trinajstić information content (AvgIpc) is 2.87. The molecule has 7 N–H and O–H groups in total. The summed E-state index contributed by atoms with van der Waals surface area (Å²) >= 11 is 0. The van der Waals surface area contributed by atoms with Gasteiger partial charge in [0.25, 0.3) is 0 Å². The molecule has 1 rings (SSSR count). The topological polar surface area (TPSA) is 134 Å². The van der Waals surface area contributed by atoms with Crippen molar-refractivity contribution in [3.63, 3.8) is 0 Å². The van der Waals surface area contributed by atoms with Crippen LogP contribution in [-0.2, 0) is 9.59 Å². The van der Waals surface area contributed by atoms with Crippen molar-refractivity contribution in [3.05, 3.63) is 11.9 Å². The molecule has 0 saturated carbocycles. The number of carboxylic acids is 2. The van der Waals surface area contributed by atoms with E-state index >= 15 is 0 Å². The van der Waals surface area contributed by atoms with Crippen LogP contribution >= 0.6 is 0 Å². The molecule has 0 spiro atoms. The molecule has 1 aliphatic rings. The molecule has 8 heteroatoms. The van der Waals surface area contributed by atoms with E-state index in [1.54, 1.807) is 0 Å². The van der Waals surface area contributed by atoms with Gasteiger partial charge in [0, 0.05) is 6.54 Å². The number of nitrogens with one attached hydrogen (secondary N) is 1. The lowest BCUT2D eigenvalue weighted by atomic mass is 10.1. The van der Waals surface area contributed by atoms with Crippen molar-refractivity contribution in [3.8, 4) is 0 Å². The molecule has 0 aromatic heterocycles. The molecule has 1 aliphatic heterocycles. The maximum absolute atomic E-state index is 10.7. The minimum Gasteiger partial charge on any atom is -0.480 e. The van der Waals surface area contributed by atoms with Gasteiger partial charge in [-0.3, -0.25) is 14.5 Å². The van der Waals surface area contributed by atoms with E-state index in [-0.39, 0.29) is 0 Å². The maximum Gasteiger partial charge on any atom is 0.320 e. The number of rotatable bonds is 12. The first kappa shape index (κ1) is 20.4. The Hall–Kier alpha value is -1.64. The second-order valence-electron chi connectivity index (χ2n) is 6.50. The van der Waals surface area contributed by atoms with E-state index in [0.717, 1.165) is 45.4 Å². The van der Waals surface area contributed by atoms with E-state index in [4.69, 9.17) is 21.7 Å². The summed E-state index contributed by atoms with van der Waals surface area (Å²) in [7, 11) is 0. The normalized spacial score (nSPS) is 19.9. The fourth-order valence-corrected chi connectivity index (χ4v) is 2.84. The van der Waals surface area contributed by atoms with Gasteiger partial charge in [-0.05, 0) is 45.4 Å². The van der Waals surface area contributed by atoms with Crippen LogP contribution in [0.3, 0.4) is 0 Å². The lowest BCUT2D eigenvalue weighted by Crippen LogP contribution is -3.07. The molecule has 24 heavy (non-hydrogen) atoms. The van der Waals surface area contributed by atoms with Crippen LogP contribution in [0.15, 0.2) is 11.9 Å². The van der Waals surface area contributed by atoms with Gasteiger partial charge >= 0.3 is 11.9 Å². The molecule has 0 saturated heterocycles. The number of unbranched alkanes of at least 4 members (excludes halogenated alkanes) is 2. The fourth-order valence-electron chi connectivity index (χ4n) is 2.84. The Morgan fingerprint density at radius 2 is 1.67 bits per heavy atom. The van der Waals surface area contributed by atoms with Crippen molar-refractivity contribution in [2.45, 2.75) is 57.5 Å². The van der Waals surface area contributed by atoms with E-state index in [1.165, 1.54) is 10.6 Å². The Morgan fingerprint density at radius 3 is 2.21 bits per heavy atom. The minimum atomic E-state index is -0.939. The lowest BCUT2D eigenvalue weighted by Gasteiger charge is -2.19. The highest BCUT2D eigenvalue weighted by molar-refractivity contribution is 5.73. The van der Waals surface area contributed by atoms with Crippen molar-refractivity contribution in [1.29, 1.82) is 0 Å². The Bertz CT molecular complexity index is 455. The van der Waals surface area contributed by atoms with Crippen molar-refractivity contribution in [2.75, 3.05) is 19.8 Å². The lowest BCUT2D eigenvalue weighted by molar-refractivity contribution is -0.849. The zero-order valence-corrected chi connectivity index (χ0v) is 14.4. The summed E-state index contributed by atoms with van der Waals surface area (Å²) in [5.41, 5.74) is 12.2. The third-order valence-electron chi connectivity index (χ3n) is 4.40. The van der Waals surface area contributed by atoms with E-state index in [1.807, 2.05) is 0 Å². The SMILES string of the molecule is CC1=C[NH+](CCCCC(N)C(=O)O)CN1CCCCC(N)C(=O)O. The zero-order valence-electron chi connectivity index (χ0n) is 14.4. The first-order chi connectivity index (χ1) is 11.3. The quantitative estimate of drug-likeness (QED) is 0.292. The summed E-state index contributed by atoms with van der Waals surface area (Å²) in [5.74, 6) is -1.88. The number of hydrogen-bond donors (Lipinski definition) is 5. The number of quaternary nitrogens is 1. The van der Waals surface area contributed by atoms with E-state index in [9.17, 15) is 9.59 Å². The molecular formula is C16H31N4O4+. The molecule has 0 aromatic rings. The van der Waals surface area contributed by atoms with E-state index < -0.39 is 24.0 Å². The van der Waals surface area contributed by atoms with Gasteiger partial charge in [0.15, 0.2) is 6.67 Å². The van der Waals surface area contributed by atoms with Gasteiger partial charge in [0.2, 0.25) is 0 Å². The van der Waals surface area contributed by atoms with Crippen LogP contribution < -0.4 is 16.4 Å². The maximum atomic E-state index is 10.7. The molecule has 0 aliphatic carbocycles. The number of nitrogens with zero attached hydrogens (tertiary/aromatic N) is 1. The standard InChI is InChI=1S/C16H30N4O4/c1-12-10-19(8-4-2-6-13(17)15(21)22)11-20(12)9-5-3-7-14(18)16(23)24/h10,13-14H,2-9,11,17-18H2,1H3,(H,21,22)(H,23,24)/p+1. The molecule has 138 valence electrons. The molecule has 3 unspecified atom stereocenters.